The molecule has 0 atom stereocenters. The lowest BCUT2D eigenvalue weighted by molar-refractivity contribution is 0.561. The Morgan fingerprint density at radius 1 is 1.54 bits per heavy atom. The fourth-order valence-electron chi connectivity index (χ4n) is 1.34. The smallest absolute Gasteiger partial charge is 0.0879 e. The summed E-state index contributed by atoms with van der Waals surface area (Å²) in [5, 5.41) is 4.44. The van der Waals surface area contributed by atoms with Crippen LogP contribution in [0, 0.1) is 0 Å². The van der Waals surface area contributed by atoms with Crippen LogP contribution in [0.1, 0.15) is 45.2 Å². The Hall–Kier alpha value is -0.990. The topological polar surface area (TPSA) is 43.8 Å². The van der Waals surface area contributed by atoms with Gasteiger partial charge >= 0.3 is 0 Å². The van der Waals surface area contributed by atoms with Crippen molar-refractivity contribution in [2.24, 2.45) is 0 Å². The molecular weight excluding hydrogens is 162 g/mol. The first-order valence-electron chi connectivity index (χ1n) is 4.98. The molecule has 1 heterocycles. The van der Waals surface area contributed by atoms with Gasteiger partial charge in [-0.15, -0.1) is 0 Å². The molecule has 0 unspecified atom stereocenters. The van der Waals surface area contributed by atoms with Crippen LogP contribution in [0.2, 0.25) is 0 Å². The number of nitrogens with two attached hydrogens (primary N) is 1. The molecule has 0 amide bonds. The summed E-state index contributed by atoms with van der Waals surface area (Å²) in [4.78, 5) is 0. The van der Waals surface area contributed by atoms with Gasteiger partial charge in [-0.1, -0.05) is 27.2 Å². The van der Waals surface area contributed by atoms with E-state index >= 15 is 0 Å². The first-order chi connectivity index (χ1) is 6.15. The first-order valence-corrected chi connectivity index (χ1v) is 4.98. The summed E-state index contributed by atoms with van der Waals surface area (Å²) >= 11 is 0. The minimum atomic E-state index is 0.419. The SMILES string of the molecule is CCCCn1cc(N)c(C(C)C)n1. The van der Waals surface area contributed by atoms with Crippen molar-refractivity contribution in [2.45, 2.75) is 46.1 Å². The second-order valence-electron chi connectivity index (χ2n) is 3.74. The van der Waals surface area contributed by atoms with E-state index in [2.05, 4.69) is 25.9 Å². The number of anilines is 1. The highest BCUT2D eigenvalue weighted by Gasteiger charge is 2.08. The van der Waals surface area contributed by atoms with Gasteiger partial charge in [-0.05, 0) is 12.3 Å². The maximum absolute atomic E-state index is 5.83. The van der Waals surface area contributed by atoms with E-state index in [4.69, 9.17) is 5.73 Å². The molecule has 1 aromatic rings. The van der Waals surface area contributed by atoms with Gasteiger partial charge in [0.2, 0.25) is 0 Å². The minimum Gasteiger partial charge on any atom is -0.396 e. The van der Waals surface area contributed by atoms with E-state index in [0.717, 1.165) is 17.9 Å². The van der Waals surface area contributed by atoms with Crippen LogP contribution in [0.4, 0.5) is 5.69 Å². The number of unbranched alkanes of at least 4 members (excludes halogenated alkanes) is 1. The van der Waals surface area contributed by atoms with Crippen molar-refractivity contribution < 1.29 is 0 Å². The van der Waals surface area contributed by atoms with Gasteiger partial charge in [-0.25, -0.2) is 0 Å². The number of rotatable bonds is 4. The van der Waals surface area contributed by atoms with Crippen LogP contribution in [0.3, 0.4) is 0 Å². The van der Waals surface area contributed by atoms with E-state index in [1.165, 1.54) is 12.8 Å². The molecule has 0 aliphatic carbocycles. The average molecular weight is 181 g/mol. The van der Waals surface area contributed by atoms with Crippen molar-refractivity contribution in [2.75, 3.05) is 5.73 Å². The normalized spacial score (nSPS) is 11.1. The van der Waals surface area contributed by atoms with Gasteiger partial charge in [0.05, 0.1) is 11.4 Å². The zero-order valence-corrected chi connectivity index (χ0v) is 8.75. The lowest BCUT2D eigenvalue weighted by Gasteiger charge is -2.00. The third kappa shape index (κ3) is 2.47. The monoisotopic (exact) mass is 181 g/mol. The summed E-state index contributed by atoms with van der Waals surface area (Å²) in [6.07, 6.45) is 4.29. The molecule has 0 fully saturated rings. The van der Waals surface area contributed by atoms with E-state index < -0.39 is 0 Å². The molecule has 0 saturated heterocycles. The Labute approximate surface area is 79.9 Å². The summed E-state index contributed by atoms with van der Waals surface area (Å²) < 4.78 is 1.95. The number of aromatic nitrogens is 2. The molecule has 13 heavy (non-hydrogen) atoms. The van der Waals surface area contributed by atoms with Crippen molar-refractivity contribution in [3.05, 3.63) is 11.9 Å². The van der Waals surface area contributed by atoms with E-state index in [1.807, 2.05) is 10.9 Å². The number of hydrogen-bond donors (Lipinski definition) is 1. The van der Waals surface area contributed by atoms with Gasteiger partial charge in [-0.2, -0.15) is 5.10 Å². The average Bonchev–Trinajstić information content (AvgIpc) is 2.43. The highest BCUT2D eigenvalue weighted by molar-refractivity contribution is 5.42. The van der Waals surface area contributed by atoms with Gasteiger partial charge in [-0.3, -0.25) is 4.68 Å². The third-order valence-electron chi connectivity index (χ3n) is 2.11. The maximum Gasteiger partial charge on any atom is 0.0879 e. The van der Waals surface area contributed by atoms with Crippen molar-refractivity contribution in [3.63, 3.8) is 0 Å². The summed E-state index contributed by atoms with van der Waals surface area (Å²) in [7, 11) is 0. The lowest BCUT2D eigenvalue weighted by Crippen LogP contribution is -1.99. The van der Waals surface area contributed by atoms with Crippen LogP contribution in [-0.4, -0.2) is 9.78 Å². The number of aryl methyl sites for hydroxylation is 1. The van der Waals surface area contributed by atoms with E-state index in [1.54, 1.807) is 0 Å². The second kappa shape index (κ2) is 4.30. The molecule has 2 N–H and O–H groups in total. The number of nitrogen functional groups attached to an aromatic ring is 1. The summed E-state index contributed by atoms with van der Waals surface area (Å²) in [6.45, 7) is 7.38. The molecular formula is C10H19N3. The van der Waals surface area contributed by atoms with Crippen LogP contribution in [-0.2, 0) is 6.54 Å². The maximum atomic E-state index is 5.83. The Morgan fingerprint density at radius 3 is 2.69 bits per heavy atom. The Bertz CT molecular complexity index is 263. The molecule has 0 spiro atoms. The molecule has 0 aliphatic heterocycles. The molecule has 3 heteroatoms. The van der Waals surface area contributed by atoms with Crippen LogP contribution >= 0.6 is 0 Å². The van der Waals surface area contributed by atoms with Crippen LogP contribution in [0.15, 0.2) is 6.20 Å². The van der Waals surface area contributed by atoms with Gasteiger partial charge in [0.15, 0.2) is 0 Å². The quantitative estimate of drug-likeness (QED) is 0.775. The molecule has 0 aromatic carbocycles. The lowest BCUT2D eigenvalue weighted by atomic mass is 10.1. The molecule has 74 valence electrons. The molecule has 1 rings (SSSR count). The van der Waals surface area contributed by atoms with E-state index in [0.29, 0.717) is 5.92 Å². The largest absolute Gasteiger partial charge is 0.396 e. The number of hydrogen-bond acceptors (Lipinski definition) is 2. The van der Waals surface area contributed by atoms with Crippen molar-refractivity contribution in [3.8, 4) is 0 Å². The molecule has 1 aromatic heterocycles. The van der Waals surface area contributed by atoms with Crippen LogP contribution in [0.25, 0.3) is 0 Å². The minimum absolute atomic E-state index is 0.419. The van der Waals surface area contributed by atoms with Gasteiger partial charge in [0, 0.05) is 12.7 Å². The van der Waals surface area contributed by atoms with Gasteiger partial charge in [0.25, 0.3) is 0 Å². The zero-order chi connectivity index (χ0) is 9.84. The number of nitrogens with zero attached hydrogens (tertiary/aromatic N) is 2. The zero-order valence-electron chi connectivity index (χ0n) is 8.75. The molecule has 0 aliphatic rings. The van der Waals surface area contributed by atoms with E-state index in [-0.39, 0.29) is 0 Å². The van der Waals surface area contributed by atoms with Gasteiger partial charge in [0.1, 0.15) is 0 Å². The molecule has 0 radical (unpaired) electrons. The molecule has 0 bridgehead atoms. The van der Waals surface area contributed by atoms with Crippen molar-refractivity contribution in [1.29, 1.82) is 0 Å². The van der Waals surface area contributed by atoms with Gasteiger partial charge < -0.3 is 5.73 Å². The first kappa shape index (κ1) is 10.1. The summed E-state index contributed by atoms with van der Waals surface area (Å²) in [5.41, 5.74) is 7.68. The predicted octanol–water partition coefficient (Wildman–Crippen LogP) is 2.39. The highest BCUT2D eigenvalue weighted by Crippen LogP contribution is 2.19. The standard InChI is InChI=1S/C10H19N3/c1-4-5-6-13-7-9(11)10(12-13)8(2)3/h7-8H,4-6,11H2,1-3H3. The summed E-state index contributed by atoms with van der Waals surface area (Å²) in [5.74, 6) is 0.419. The van der Waals surface area contributed by atoms with Crippen LogP contribution in [0.5, 0.6) is 0 Å². The second-order valence-corrected chi connectivity index (χ2v) is 3.74. The highest BCUT2D eigenvalue weighted by atomic mass is 15.3. The third-order valence-corrected chi connectivity index (χ3v) is 2.11. The fourth-order valence-corrected chi connectivity index (χ4v) is 1.34. The fraction of sp³-hybridized carbons (Fsp3) is 0.700. The summed E-state index contributed by atoms with van der Waals surface area (Å²) in [6, 6.07) is 0. The van der Waals surface area contributed by atoms with Crippen LogP contribution < -0.4 is 5.73 Å². The van der Waals surface area contributed by atoms with Crippen molar-refractivity contribution >= 4 is 5.69 Å². The Morgan fingerprint density at radius 2 is 2.23 bits per heavy atom. The molecule has 0 saturated carbocycles. The predicted molar refractivity (Wildman–Crippen MR) is 55.6 cm³/mol. The Kier molecular flexibility index (Phi) is 3.34. The Balaban J connectivity index is 2.71. The molecule has 3 nitrogen and oxygen atoms in total. The van der Waals surface area contributed by atoms with E-state index in [9.17, 15) is 0 Å². The van der Waals surface area contributed by atoms with Crippen molar-refractivity contribution in [1.82, 2.24) is 9.78 Å².